The molecule has 0 fully saturated rings. The third-order valence-corrected chi connectivity index (χ3v) is 7.58. The molecule has 0 radical (unpaired) electrons. The number of halogens is 1. The predicted molar refractivity (Wildman–Crippen MR) is 144 cm³/mol. The van der Waals surface area contributed by atoms with Gasteiger partial charge in [0.05, 0.1) is 0 Å². The summed E-state index contributed by atoms with van der Waals surface area (Å²) in [5, 5.41) is 7.37. The van der Waals surface area contributed by atoms with E-state index < -0.39 is 0 Å². The van der Waals surface area contributed by atoms with Gasteiger partial charge in [0.25, 0.3) is 0 Å². The van der Waals surface area contributed by atoms with Crippen LogP contribution >= 0.6 is 22.9 Å². The lowest BCUT2D eigenvalue weighted by atomic mass is 9.98. The molecule has 0 spiro atoms. The van der Waals surface area contributed by atoms with Gasteiger partial charge in [-0.25, -0.2) is 4.98 Å². The first kappa shape index (κ1) is 19.6. The Labute approximate surface area is 204 Å². The molecule has 2 heterocycles. The number of rotatable bonds is 2. The highest BCUT2D eigenvalue weighted by Crippen LogP contribution is 2.37. The highest BCUT2D eigenvalue weighted by atomic mass is 35.5. The molecule has 0 bridgehead atoms. The number of thiophene rings is 1. The van der Waals surface area contributed by atoms with Gasteiger partial charge < -0.3 is 0 Å². The average Bonchev–Trinajstić information content (AvgIpc) is 3.26. The largest absolute Gasteiger partial charge is 0.226 e. The zero-order chi connectivity index (χ0) is 22.6. The van der Waals surface area contributed by atoms with E-state index in [-0.39, 0.29) is 5.28 Å². The number of benzene rings is 5. The van der Waals surface area contributed by atoms with Gasteiger partial charge in [-0.05, 0) is 45.3 Å². The second-order valence-electron chi connectivity index (χ2n) is 8.25. The minimum absolute atomic E-state index is 0.189. The van der Waals surface area contributed by atoms with Crippen LogP contribution in [0.3, 0.4) is 0 Å². The molecule has 0 aliphatic rings. The smallest absolute Gasteiger partial charge is 0.208 e. The van der Waals surface area contributed by atoms with Gasteiger partial charge in [-0.3, -0.25) is 0 Å². The van der Waals surface area contributed by atoms with Crippen LogP contribution in [-0.2, 0) is 0 Å². The fraction of sp³-hybridized carbons (Fsp3) is 0. The molecule has 0 aliphatic carbocycles. The lowest BCUT2D eigenvalue weighted by molar-refractivity contribution is 1.07. The summed E-state index contributed by atoms with van der Waals surface area (Å²) in [6.07, 6.45) is 0. The van der Waals surface area contributed by atoms with Crippen LogP contribution in [0.4, 0.5) is 0 Å². The molecule has 160 valence electrons. The van der Waals surface area contributed by atoms with E-state index in [1.165, 1.54) is 36.3 Å². The Hall–Kier alpha value is -3.86. The van der Waals surface area contributed by atoms with Crippen LogP contribution < -0.4 is 0 Å². The van der Waals surface area contributed by atoms with Crippen LogP contribution in [0.5, 0.6) is 0 Å². The first-order valence-corrected chi connectivity index (χ1v) is 12.2. The van der Waals surface area contributed by atoms with E-state index in [2.05, 4.69) is 94.9 Å². The first-order valence-electron chi connectivity index (χ1n) is 11.0. The first-order chi connectivity index (χ1) is 16.7. The highest BCUT2D eigenvalue weighted by molar-refractivity contribution is 7.25. The number of fused-ring (bicyclic) bond motifs is 6. The van der Waals surface area contributed by atoms with Crippen molar-refractivity contribution in [2.75, 3.05) is 0 Å². The molecule has 34 heavy (non-hydrogen) atoms. The Morgan fingerprint density at radius 2 is 1.26 bits per heavy atom. The van der Waals surface area contributed by atoms with Gasteiger partial charge in [-0.1, -0.05) is 84.9 Å². The summed E-state index contributed by atoms with van der Waals surface area (Å²) in [5.41, 5.74) is 1.87. The van der Waals surface area contributed by atoms with Crippen molar-refractivity contribution in [1.82, 2.24) is 15.0 Å². The third-order valence-electron chi connectivity index (χ3n) is 6.27. The normalized spacial score (nSPS) is 11.7. The second kappa shape index (κ2) is 7.59. The summed E-state index contributed by atoms with van der Waals surface area (Å²) in [4.78, 5) is 13.8. The molecule has 5 aromatic carbocycles. The van der Waals surface area contributed by atoms with Gasteiger partial charge >= 0.3 is 0 Å². The Balaban J connectivity index is 1.42. The quantitative estimate of drug-likeness (QED) is 0.236. The van der Waals surface area contributed by atoms with E-state index in [1.807, 2.05) is 12.1 Å². The molecular formula is C29H16ClN3S. The maximum absolute atomic E-state index is 6.42. The van der Waals surface area contributed by atoms with Gasteiger partial charge in [0.2, 0.25) is 5.28 Å². The van der Waals surface area contributed by atoms with Gasteiger partial charge in [-0.2, -0.15) is 9.97 Å². The summed E-state index contributed by atoms with van der Waals surface area (Å²) in [7, 11) is 0. The molecule has 7 aromatic rings. The molecule has 3 nitrogen and oxygen atoms in total. The van der Waals surface area contributed by atoms with Gasteiger partial charge in [0.15, 0.2) is 11.6 Å². The summed E-state index contributed by atoms with van der Waals surface area (Å²) in [6, 6.07) is 33.7. The molecule has 0 aliphatic heterocycles. The van der Waals surface area contributed by atoms with Crippen molar-refractivity contribution in [2.24, 2.45) is 0 Å². The monoisotopic (exact) mass is 473 g/mol. The van der Waals surface area contributed by atoms with Crippen molar-refractivity contribution in [3.63, 3.8) is 0 Å². The van der Waals surface area contributed by atoms with Gasteiger partial charge in [0, 0.05) is 31.3 Å². The van der Waals surface area contributed by atoms with Crippen molar-refractivity contribution in [2.45, 2.75) is 0 Å². The van der Waals surface area contributed by atoms with E-state index >= 15 is 0 Å². The topological polar surface area (TPSA) is 38.7 Å². The number of nitrogens with zero attached hydrogens (tertiary/aromatic N) is 3. The van der Waals surface area contributed by atoms with E-state index in [4.69, 9.17) is 16.6 Å². The summed E-state index contributed by atoms with van der Waals surface area (Å²) >= 11 is 8.19. The molecular weight excluding hydrogens is 458 g/mol. The van der Waals surface area contributed by atoms with E-state index in [0.717, 1.165) is 16.5 Å². The Morgan fingerprint density at radius 1 is 0.529 bits per heavy atom. The average molecular weight is 474 g/mol. The lowest BCUT2D eigenvalue weighted by Crippen LogP contribution is -1.97. The molecule has 5 heteroatoms. The molecule has 0 atom stereocenters. The van der Waals surface area contributed by atoms with Gasteiger partial charge in [-0.15, -0.1) is 11.3 Å². The number of hydrogen-bond acceptors (Lipinski definition) is 4. The zero-order valence-corrected chi connectivity index (χ0v) is 19.4. The Bertz CT molecular complexity index is 1890. The molecule has 7 rings (SSSR count). The fourth-order valence-corrected chi connectivity index (χ4v) is 6.01. The standard InChI is InChI=1S/C29H16ClN3S/c30-29-32-27(18-13-15-23-22-8-3-4-11-25(22)34-26(23)16-18)31-28(33-29)24-10-5-9-20-19-7-2-1-6-17(19)12-14-21(20)24/h1-16H. The Morgan fingerprint density at radius 3 is 2.21 bits per heavy atom. The fourth-order valence-electron chi connectivity index (χ4n) is 4.70. The maximum atomic E-state index is 6.42. The second-order valence-corrected chi connectivity index (χ2v) is 9.67. The minimum Gasteiger partial charge on any atom is -0.208 e. The minimum atomic E-state index is 0.189. The molecule has 0 unspecified atom stereocenters. The summed E-state index contributed by atoms with van der Waals surface area (Å²) < 4.78 is 2.47. The van der Waals surface area contributed by atoms with E-state index in [1.54, 1.807) is 11.3 Å². The maximum Gasteiger partial charge on any atom is 0.226 e. The molecule has 0 N–H and O–H groups in total. The van der Waals surface area contributed by atoms with Crippen molar-refractivity contribution >= 4 is 64.7 Å². The van der Waals surface area contributed by atoms with Gasteiger partial charge in [0.1, 0.15) is 0 Å². The van der Waals surface area contributed by atoms with Crippen molar-refractivity contribution in [3.8, 4) is 22.8 Å². The number of aromatic nitrogens is 3. The molecule has 0 saturated carbocycles. The van der Waals surface area contributed by atoms with Crippen LogP contribution in [0.1, 0.15) is 0 Å². The molecule has 0 amide bonds. The van der Waals surface area contributed by atoms with Crippen molar-refractivity contribution < 1.29 is 0 Å². The van der Waals surface area contributed by atoms with Crippen molar-refractivity contribution in [1.29, 1.82) is 0 Å². The summed E-state index contributed by atoms with van der Waals surface area (Å²) in [6.45, 7) is 0. The predicted octanol–water partition coefficient (Wildman–Crippen LogP) is 8.53. The zero-order valence-electron chi connectivity index (χ0n) is 17.9. The number of hydrogen-bond donors (Lipinski definition) is 0. The third kappa shape index (κ3) is 3.07. The van der Waals surface area contributed by atoms with Crippen molar-refractivity contribution in [3.05, 3.63) is 102 Å². The van der Waals surface area contributed by atoms with Crippen LogP contribution in [0.25, 0.3) is 64.5 Å². The summed E-state index contributed by atoms with van der Waals surface area (Å²) in [5.74, 6) is 1.15. The molecule has 0 saturated heterocycles. The SMILES string of the molecule is Clc1nc(-c2ccc3c(c2)sc2ccccc23)nc(-c2cccc3c2ccc2ccccc23)n1. The lowest BCUT2D eigenvalue weighted by Gasteiger charge is -2.10. The highest BCUT2D eigenvalue weighted by Gasteiger charge is 2.14. The van der Waals surface area contributed by atoms with E-state index in [0.29, 0.717) is 11.6 Å². The van der Waals surface area contributed by atoms with Crippen LogP contribution in [-0.4, -0.2) is 15.0 Å². The van der Waals surface area contributed by atoms with Crippen LogP contribution in [0.2, 0.25) is 5.28 Å². The molecule has 2 aromatic heterocycles. The van der Waals surface area contributed by atoms with Crippen LogP contribution in [0, 0.1) is 0 Å². The Kier molecular flexibility index (Phi) is 4.37. The van der Waals surface area contributed by atoms with E-state index in [9.17, 15) is 0 Å². The van der Waals surface area contributed by atoms with Crippen LogP contribution in [0.15, 0.2) is 97.1 Å².